The van der Waals surface area contributed by atoms with Crippen LogP contribution in [0.15, 0.2) is 11.8 Å². The van der Waals surface area contributed by atoms with Crippen molar-refractivity contribution in [2.24, 2.45) is 0 Å². The Hall–Kier alpha value is -2.02. The summed E-state index contributed by atoms with van der Waals surface area (Å²) < 4.78 is 46.2. The van der Waals surface area contributed by atoms with Crippen molar-refractivity contribution in [1.82, 2.24) is 5.32 Å². The predicted molar refractivity (Wildman–Crippen MR) is 81.3 cm³/mol. The second-order valence-electron chi connectivity index (χ2n) is 5.30. The van der Waals surface area contributed by atoms with E-state index < -0.39 is 50.9 Å². The van der Waals surface area contributed by atoms with E-state index in [1.54, 1.807) is 0 Å². The SMILES string of the molecule is CCOC(=O)C(=CNC1CC1)C(=O)c1c(C)c(F)c(F)c(Cl)c1F. The van der Waals surface area contributed by atoms with Gasteiger partial charge in [0.25, 0.3) is 0 Å². The number of halogens is 4. The van der Waals surface area contributed by atoms with Crippen molar-refractivity contribution < 1.29 is 27.5 Å². The number of carbonyl (C=O) groups is 2. The highest BCUT2D eigenvalue weighted by molar-refractivity contribution is 6.32. The zero-order chi connectivity index (χ0) is 18.0. The molecule has 0 aliphatic heterocycles. The zero-order valence-electron chi connectivity index (χ0n) is 13.0. The van der Waals surface area contributed by atoms with E-state index in [4.69, 9.17) is 16.3 Å². The predicted octanol–water partition coefficient (Wildman–Crippen LogP) is 3.45. The third-order valence-corrected chi connectivity index (χ3v) is 3.84. The molecule has 1 aliphatic rings. The third-order valence-electron chi connectivity index (χ3n) is 3.51. The van der Waals surface area contributed by atoms with Gasteiger partial charge in [-0.05, 0) is 26.7 Å². The van der Waals surface area contributed by atoms with Crippen molar-refractivity contribution in [3.05, 3.63) is 45.4 Å². The lowest BCUT2D eigenvalue weighted by Crippen LogP contribution is -2.22. The Bertz CT molecular complexity index is 701. The van der Waals surface area contributed by atoms with Gasteiger partial charge in [-0.15, -0.1) is 0 Å². The smallest absolute Gasteiger partial charge is 0.343 e. The molecule has 4 nitrogen and oxygen atoms in total. The molecule has 0 saturated heterocycles. The first kappa shape index (κ1) is 18.3. The number of hydrogen-bond acceptors (Lipinski definition) is 4. The number of nitrogens with one attached hydrogen (secondary N) is 1. The molecular formula is C16H15ClF3NO3. The largest absolute Gasteiger partial charge is 0.462 e. The van der Waals surface area contributed by atoms with Crippen LogP contribution in [0.1, 0.15) is 35.7 Å². The highest BCUT2D eigenvalue weighted by atomic mass is 35.5. The van der Waals surface area contributed by atoms with Gasteiger partial charge >= 0.3 is 5.97 Å². The van der Waals surface area contributed by atoms with Gasteiger partial charge in [-0.2, -0.15) is 0 Å². The van der Waals surface area contributed by atoms with Crippen LogP contribution in [0.25, 0.3) is 0 Å². The van der Waals surface area contributed by atoms with Crippen LogP contribution in [0, 0.1) is 24.4 Å². The van der Waals surface area contributed by atoms with Gasteiger partial charge in [-0.25, -0.2) is 18.0 Å². The number of esters is 1. The second-order valence-corrected chi connectivity index (χ2v) is 5.68. The minimum Gasteiger partial charge on any atom is -0.462 e. The van der Waals surface area contributed by atoms with Gasteiger partial charge in [0.05, 0.1) is 12.2 Å². The Morgan fingerprint density at radius 1 is 1.25 bits per heavy atom. The lowest BCUT2D eigenvalue weighted by molar-refractivity contribution is -0.138. The molecule has 130 valence electrons. The van der Waals surface area contributed by atoms with E-state index in [2.05, 4.69) is 5.32 Å². The normalized spacial score (nSPS) is 14.5. The van der Waals surface area contributed by atoms with E-state index in [1.165, 1.54) is 6.92 Å². The van der Waals surface area contributed by atoms with Crippen LogP contribution in [0.4, 0.5) is 13.2 Å². The Morgan fingerprint density at radius 3 is 2.42 bits per heavy atom. The highest BCUT2D eigenvalue weighted by Gasteiger charge is 2.31. The molecule has 1 N–H and O–H groups in total. The summed E-state index contributed by atoms with van der Waals surface area (Å²) in [6.45, 7) is 2.56. The van der Waals surface area contributed by atoms with Gasteiger partial charge < -0.3 is 10.1 Å². The Balaban J connectivity index is 2.50. The van der Waals surface area contributed by atoms with Gasteiger partial charge in [0, 0.05) is 17.8 Å². The first-order valence-corrected chi connectivity index (χ1v) is 7.67. The first-order chi connectivity index (χ1) is 11.3. The van der Waals surface area contributed by atoms with Crippen LogP contribution in [0.3, 0.4) is 0 Å². The molecule has 0 amide bonds. The topological polar surface area (TPSA) is 55.4 Å². The van der Waals surface area contributed by atoms with Crippen LogP contribution in [-0.4, -0.2) is 24.4 Å². The molecule has 0 radical (unpaired) electrons. The highest BCUT2D eigenvalue weighted by Crippen LogP contribution is 2.30. The first-order valence-electron chi connectivity index (χ1n) is 7.30. The van der Waals surface area contributed by atoms with Crippen LogP contribution in [-0.2, 0) is 9.53 Å². The average molecular weight is 362 g/mol. The summed E-state index contributed by atoms with van der Waals surface area (Å²) in [6, 6.07) is 0.113. The van der Waals surface area contributed by atoms with Gasteiger partial charge in [0.1, 0.15) is 10.6 Å². The lowest BCUT2D eigenvalue weighted by atomic mass is 9.98. The molecule has 24 heavy (non-hydrogen) atoms. The monoisotopic (exact) mass is 361 g/mol. The molecular weight excluding hydrogens is 347 g/mol. The number of Topliss-reactive ketones (excluding diaryl/α,β-unsaturated/α-hetero) is 1. The van der Waals surface area contributed by atoms with E-state index >= 15 is 0 Å². The number of ketones is 1. The molecule has 2 rings (SSSR count). The van der Waals surface area contributed by atoms with Crippen molar-refractivity contribution in [1.29, 1.82) is 0 Å². The summed E-state index contributed by atoms with van der Waals surface area (Å²) in [5.74, 6) is -6.56. The molecule has 0 heterocycles. The Labute approximate surface area is 141 Å². The summed E-state index contributed by atoms with van der Waals surface area (Å²) in [4.78, 5) is 24.5. The fourth-order valence-corrected chi connectivity index (χ4v) is 2.20. The summed E-state index contributed by atoms with van der Waals surface area (Å²) >= 11 is 5.39. The summed E-state index contributed by atoms with van der Waals surface area (Å²) in [5, 5.41) is 1.68. The molecule has 1 saturated carbocycles. The van der Waals surface area contributed by atoms with E-state index in [0.717, 1.165) is 26.0 Å². The molecule has 1 aromatic rings. The molecule has 1 aliphatic carbocycles. The molecule has 0 spiro atoms. The summed E-state index contributed by atoms with van der Waals surface area (Å²) in [7, 11) is 0. The van der Waals surface area contributed by atoms with E-state index in [9.17, 15) is 22.8 Å². The Morgan fingerprint density at radius 2 is 1.88 bits per heavy atom. The quantitative estimate of drug-likeness (QED) is 0.160. The molecule has 0 aromatic heterocycles. The molecule has 1 fully saturated rings. The average Bonchev–Trinajstić information content (AvgIpc) is 3.36. The van der Waals surface area contributed by atoms with E-state index in [0.29, 0.717) is 0 Å². The molecule has 0 atom stereocenters. The fourth-order valence-electron chi connectivity index (χ4n) is 2.02. The van der Waals surface area contributed by atoms with Crippen molar-refractivity contribution in [2.45, 2.75) is 32.7 Å². The van der Waals surface area contributed by atoms with Gasteiger partial charge in [-0.1, -0.05) is 11.6 Å². The fraction of sp³-hybridized carbons (Fsp3) is 0.375. The standard InChI is InChI=1S/C16H15ClF3NO3/c1-3-24-16(23)9(6-21-8-4-5-8)15(22)10-7(2)12(18)14(20)11(17)13(10)19/h6,8,21H,3-5H2,1-2H3. The van der Waals surface area contributed by atoms with E-state index in [-0.39, 0.29) is 12.6 Å². The van der Waals surface area contributed by atoms with E-state index in [1.807, 2.05) is 0 Å². The van der Waals surface area contributed by atoms with Crippen LogP contribution in [0.2, 0.25) is 5.02 Å². The van der Waals surface area contributed by atoms with Crippen molar-refractivity contribution >= 4 is 23.4 Å². The number of ether oxygens (including phenoxy) is 1. The minimum atomic E-state index is -1.58. The molecule has 0 bridgehead atoms. The number of rotatable bonds is 6. The van der Waals surface area contributed by atoms with Gasteiger partial charge in [0.2, 0.25) is 5.78 Å². The number of benzene rings is 1. The van der Waals surface area contributed by atoms with Crippen LogP contribution in [0.5, 0.6) is 0 Å². The second kappa shape index (κ2) is 7.25. The maximum absolute atomic E-state index is 14.2. The third kappa shape index (κ3) is 3.56. The lowest BCUT2D eigenvalue weighted by Gasteiger charge is -2.12. The maximum Gasteiger partial charge on any atom is 0.343 e. The number of carbonyl (C=O) groups excluding carboxylic acids is 2. The van der Waals surface area contributed by atoms with Crippen LogP contribution >= 0.6 is 11.6 Å². The maximum atomic E-state index is 14.2. The molecule has 1 aromatic carbocycles. The van der Waals surface area contributed by atoms with Crippen molar-refractivity contribution in [2.75, 3.05) is 6.61 Å². The van der Waals surface area contributed by atoms with Gasteiger partial charge in [0.15, 0.2) is 17.5 Å². The van der Waals surface area contributed by atoms with Crippen molar-refractivity contribution in [3.63, 3.8) is 0 Å². The summed E-state index contributed by atoms with van der Waals surface area (Å²) in [6.07, 6.45) is 2.85. The Kier molecular flexibility index (Phi) is 5.54. The minimum absolute atomic E-state index is 0.00706. The van der Waals surface area contributed by atoms with Crippen molar-refractivity contribution in [3.8, 4) is 0 Å². The molecule has 0 unspecified atom stereocenters. The zero-order valence-corrected chi connectivity index (χ0v) is 13.8. The van der Waals surface area contributed by atoms with Gasteiger partial charge in [-0.3, -0.25) is 4.79 Å². The number of hydrogen-bond donors (Lipinski definition) is 1. The summed E-state index contributed by atoms with van der Waals surface area (Å²) in [5.41, 5.74) is -1.87. The van der Waals surface area contributed by atoms with Crippen LogP contribution < -0.4 is 5.32 Å². The molecule has 8 heteroatoms.